The summed E-state index contributed by atoms with van der Waals surface area (Å²) in [7, 11) is 0. The predicted molar refractivity (Wildman–Crippen MR) is 126 cm³/mol. The Morgan fingerprint density at radius 3 is 2.44 bits per heavy atom. The number of aromatic nitrogens is 1. The number of anilines is 1. The molecule has 6 heteroatoms. The highest BCUT2D eigenvalue weighted by molar-refractivity contribution is 6.36. The minimum Gasteiger partial charge on any atom is -0.342 e. The smallest absolute Gasteiger partial charge is 0.269 e. The van der Waals surface area contributed by atoms with Gasteiger partial charge in [-0.2, -0.15) is 0 Å². The lowest BCUT2D eigenvalue weighted by molar-refractivity contribution is -0.384. The van der Waals surface area contributed by atoms with Crippen molar-refractivity contribution in [2.24, 2.45) is 0 Å². The van der Waals surface area contributed by atoms with Crippen molar-refractivity contribution in [3.05, 3.63) is 106 Å². The zero-order chi connectivity index (χ0) is 22.2. The number of nitrogens with zero attached hydrogens (tertiary/aromatic N) is 3. The van der Waals surface area contributed by atoms with Gasteiger partial charge < -0.3 is 9.47 Å². The normalized spacial score (nSPS) is 14.3. The molecule has 4 aromatic rings. The standard InChI is InChI=1S/C26H21N3O3/c1-2-28-25-10-6-4-8-22(25)23(26(28)30)15-19-17-27(24-9-5-3-7-21(19)24)16-18-11-13-20(14-12-18)29(31)32/h3-15,17H,2,16H2,1H3/b23-15-. The molecule has 0 N–H and O–H groups in total. The van der Waals surface area contributed by atoms with Gasteiger partial charge in [0, 0.05) is 59.0 Å². The van der Waals surface area contributed by atoms with Gasteiger partial charge in [-0.15, -0.1) is 0 Å². The summed E-state index contributed by atoms with van der Waals surface area (Å²) in [5.74, 6) is 0.0147. The molecule has 0 spiro atoms. The molecule has 3 aromatic carbocycles. The first-order chi connectivity index (χ1) is 15.6. The van der Waals surface area contributed by atoms with Crippen LogP contribution in [0.3, 0.4) is 0 Å². The highest BCUT2D eigenvalue weighted by Crippen LogP contribution is 2.38. The zero-order valence-electron chi connectivity index (χ0n) is 17.6. The largest absolute Gasteiger partial charge is 0.342 e. The molecule has 1 aliphatic rings. The van der Waals surface area contributed by atoms with E-state index in [2.05, 4.69) is 10.6 Å². The van der Waals surface area contributed by atoms with E-state index in [9.17, 15) is 14.9 Å². The summed E-state index contributed by atoms with van der Waals surface area (Å²) in [6.45, 7) is 3.18. The van der Waals surface area contributed by atoms with Gasteiger partial charge in [-0.05, 0) is 30.7 Å². The van der Waals surface area contributed by atoms with Crippen molar-refractivity contribution in [2.75, 3.05) is 11.4 Å². The third kappa shape index (κ3) is 3.26. The molecule has 6 nitrogen and oxygen atoms in total. The van der Waals surface area contributed by atoms with Gasteiger partial charge in [-0.3, -0.25) is 14.9 Å². The van der Waals surface area contributed by atoms with Crippen molar-refractivity contribution in [3.8, 4) is 0 Å². The van der Waals surface area contributed by atoms with Gasteiger partial charge >= 0.3 is 0 Å². The maximum absolute atomic E-state index is 13.1. The summed E-state index contributed by atoms with van der Waals surface area (Å²) in [5.41, 5.74) is 5.65. The fourth-order valence-electron chi connectivity index (χ4n) is 4.36. The Kier molecular flexibility index (Phi) is 4.82. The number of para-hydroxylation sites is 2. The van der Waals surface area contributed by atoms with Crippen molar-refractivity contribution < 1.29 is 9.72 Å². The Balaban J connectivity index is 1.58. The number of amides is 1. The second-order valence-corrected chi connectivity index (χ2v) is 7.78. The lowest BCUT2D eigenvalue weighted by Gasteiger charge is -2.13. The predicted octanol–water partition coefficient (Wildman–Crippen LogP) is 5.50. The van der Waals surface area contributed by atoms with Gasteiger partial charge in [0.25, 0.3) is 11.6 Å². The lowest BCUT2D eigenvalue weighted by atomic mass is 10.0. The van der Waals surface area contributed by atoms with Gasteiger partial charge in [-0.1, -0.05) is 48.5 Å². The van der Waals surface area contributed by atoms with Crippen LogP contribution < -0.4 is 4.90 Å². The molecule has 0 atom stereocenters. The second kappa shape index (κ2) is 7.81. The molecule has 0 saturated carbocycles. The molecule has 32 heavy (non-hydrogen) atoms. The highest BCUT2D eigenvalue weighted by Gasteiger charge is 2.31. The Labute approximate surface area is 185 Å². The number of nitro benzene ring substituents is 1. The monoisotopic (exact) mass is 423 g/mol. The Morgan fingerprint density at radius 2 is 1.69 bits per heavy atom. The van der Waals surface area contributed by atoms with Crippen molar-refractivity contribution in [1.82, 2.24) is 4.57 Å². The van der Waals surface area contributed by atoms with E-state index in [0.29, 0.717) is 18.7 Å². The first-order valence-corrected chi connectivity index (χ1v) is 10.5. The van der Waals surface area contributed by atoms with Crippen molar-refractivity contribution >= 4 is 39.8 Å². The molecule has 5 rings (SSSR count). The third-order valence-corrected chi connectivity index (χ3v) is 5.90. The first kappa shape index (κ1) is 19.8. The molecule has 158 valence electrons. The van der Waals surface area contributed by atoms with Crippen molar-refractivity contribution in [2.45, 2.75) is 13.5 Å². The molecule has 0 saturated heterocycles. The van der Waals surface area contributed by atoms with Crippen LogP contribution in [0.15, 0.2) is 79.0 Å². The maximum Gasteiger partial charge on any atom is 0.269 e. The molecule has 1 aliphatic heterocycles. The summed E-state index contributed by atoms with van der Waals surface area (Å²) >= 11 is 0. The fraction of sp³-hybridized carbons (Fsp3) is 0.115. The van der Waals surface area contributed by atoms with E-state index in [1.165, 1.54) is 12.1 Å². The topological polar surface area (TPSA) is 68.4 Å². The molecule has 0 unspecified atom stereocenters. The SMILES string of the molecule is CCN1C(=O)/C(=C\c2cn(Cc3ccc([N+](=O)[O-])cc3)c3ccccc23)c2ccccc21. The van der Waals surface area contributed by atoms with E-state index in [-0.39, 0.29) is 11.6 Å². The minimum atomic E-state index is -0.394. The molecule has 0 bridgehead atoms. The summed E-state index contributed by atoms with van der Waals surface area (Å²) in [6.07, 6.45) is 4.02. The summed E-state index contributed by atoms with van der Waals surface area (Å²) in [4.78, 5) is 25.5. The van der Waals surface area contributed by atoms with Crippen LogP contribution in [0.5, 0.6) is 0 Å². The van der Waals surface area contributed by atoms with Crippen LogP contribution in [0.4, 0.5) is 11.4 Å². The lowest BCUT2D eigenvalue weighted by Crippen LogP contribution is -2.25. The van der Waals surface area contributed by atoms with Crippen molar-refractivity contribution in [1.29, 1.82) is 0 Å². The van der Waals surface area contributed by atoms with Crippen LogP contribution >= 0.6 is 0 Å². The molecular formula is C26H21N3O3. The summed E-state index contributed by atoms with van der Waals surface area (Å²) in [6, 6.07) is 22.6. The van der Waals surface area contributed by atoms with E-state index in [0.717, 1.165) is 33.3 Å². The number of benzene rings is 3. The van der Waals surface area contributed by atoms with Gasteiger partial charge in [0.15, 0.2) is 0 Å². The number of rotatable bonds is 5. The fourth-order valence-corrected chi connectivity index (χ4v) is 4.36. The van der Waals surface area contributed by atoms with E-state index >= 15 is 0 Å². The number of carbonyl (C=O) groups excluding carboxylic acids is 1. The van der Waals surface area contributed by atoms with Crippen LogP contribution in [0.1, 0.15) is 23.6 Å². The molecule has 0 aliphatic carbocycles. The number of likely N-dealkylation sites (N-methyl/N-ethyl adjacent to an activating group) is 1. The van der Waals surface area contributed by atoms with Crippen molar-refractivity contribution in [3.63, 3.8) is 0 Å². The number of non-ortho nitro benzene ring substituents is 1. The van der Waals surface area contributed by atoms with Gasteiger partial charge in [-0.25, -0.2) is 0 Å². The number of nitro groups is 1. The molecule has 0 radical (unpaired) electrons. The molecular weight excluding hydrogens is 402 g/mol. The van der Waals surface area contributed by atoms with Gasteiger partial charge in [0.2, 0.25) is 0 Å². The molecule has 2 heterocycles. The van der Waals surface area contributed by atoms with Crippen LogP contribution in [-0.4, -0.2) is 21.9 Å². The quantitative estimate of drug-likeness (QED) is 0.242. The van der Waals surface area contributed by atoms with E-state index in [1.54, 1.807) is 17.0 Å². The number of fused-ring (bicyclic) bond motifs is 2. The Hall–Kier alpha value is -4.19. The maximum atomic E-state index is 13.1. The van der Waals surface area contributed by atoms with Crippen LogP contribution in [0, 0.1) is 10.1 Å². The number of carbonyl (C=O) groups is 1. The van der Waals surface area contributed by atoms with Gasteiger partial charge in [0.1, 0.15) is 0 Å². The van der Waals surface area contributed by atoms with E-state index in [1.807, 2.05) is 61.7 Å². The van der Waals surface area contributed by atoms with Crippen LogP contribution in [0.25, 0.3) is 22.6 Å². The minimum absolute atomic E-state index is 0.0147. The van der Waals surface area contributed by atoms with E-state index in [4.69, 9.17) is 0 Å². The molecule has 1 amide bonds. The van der Waals surface area contributed by atoms with Gasteiger partial charge in [0.05, 0.1) is 10.6 Å². The average Bonchev–Trinajstić information content (AvgIpc) is 3.29. The van der Waals surface area contributed by atoms with E-state index < -0.39 is 4.92 Å². The Morgan fingerprint density at radius 1 is 0.969 bits per heavy atom. The zero-order valence-corrected chi connectivity index (χ0v) is 17.6. The molecule has 0 fully saturated rings. The summed E-state index contributed by atoms with van der Waals surface area (Å²) in [5, 5.41) is 12.0. The van der Waals surface area contributed by atoms with Crippen LogP contribution in [0.2, 0.25) is 0 Å². The number of hydrogen-bond acceptors (Lipinski definition) is 3. The number of hydrogen-bond donors (Lipinski definition) is 0. The molecule has 1 aromatic heterocycles. The second-order valence-electron chi connectivity index (χ2n) is 7.78. The highest BCUT2D eigenvalue weighted by atomic mass is 16.6. The average molecular weight is 423 g/mol. The summed E-state index contributed by atoms with van der Waals surface area (Å²) < 4.78 is 2.12. The Bertz CT molecular complexity index is 1380. The third-order valence-electron chi connectivity index (χ3n) is 5.90. The van der Waals surface area contributed by atoms with Crippen LogP contribution in [-0.2, 0) is 11.3 Å². The first-order valence-electron chi connectivity index (χ1n) is 10.5.